The van der Waals surface area contributed by atoms with Gasteiger partial charge in [-0.15, -0.1) is 0 Å². The van der Waals surface area contributed by atoms with Crippen LogP contribution in [0.1, 0.15) is 126 Å². The fourth-order valence-corrected chi connectivity index (χ4v) is 10.8. The number of hydrogen-bond donors (Lipinski definition) is 3. The molecule has 2 saturated carbocycles. The van der Waals surface area contributed by atoms with Crippen LogP contribution in [0.4, 0.5) is 0 Å². The van der Waals surface area contributed by atoms with Crippen LogP contribution in [0, 0.1) is 45.3 Å². The van der Waals surface area contributed by atoms with E-state index in [-0.39, 0.29) is 46.5 Å². The number of aliphatic hydroxyl groups is 2. The minimum Gasteiger partial charge on any atom is -0.481 e. The molecule has 3 N–H and O–H groups in total. The number of carboxylic acids is 1. The summed E-state index contributed by atoms with van der Waals surface area (Å²) in [5, 5.41) is 32.2. The van der Waals surface area contributed by atoms with E-state index in [4.69, 9.17) is 4.74 Å². The lowest BCUT2D eigenvalue weighted by atomic mass is 9.42. The van der Waals surface area contributed by atoms with Gasteiger partial charge >= 0.3 is 17.9 Å². The molecular weight excluding hydrogens is 584 g/mol. The van der Waals surface area contributed by atoms with E-state index in [0.717, 1.165) is 44.1 Å². The molecule has 2 fully saturated rings. The van der Waals surface area contributed by atoms with Gasteiger partial charge < -0.3 is 24.8 Å². The lowest BCUT2D eigenvalue weighted by molar-refractivity contribution is -0.175. The second kappa shape index (κ2) is 12.7. The topological polar surface area (TPSA) is 130 Å². The Balaban J connectivity index is 1.54. The maximum Gasteiger partial charge on any atom is 0.310 e. The molecule has 0 bridgehead atoms. The van der Waals surface area contributed by atoms with Crippen LogP contribution in [0.15, 0.2) is 23.3 Å². The molecule has 0 unspecified atom stereocenters. The van der Waals surface area contributed by atoms with Crippen molar-refractivity contribution in [3.8, 4) is 0 Å². The molecule has 0 aromatic rings. The Morgan fingerprint density at radius 3 is 2.24 bits per heavy atom. The van der Waals surface area contributed by atoms with E-state index < -0.39 is 35.5 Å². The number of carbonyl (C=O) groups excluding carboxylic acids is 2. The van der Waals surface area contributed by atoms with Crippen molar-refractivity contribution in [3.63, 3.8) is 0 Å². The van der Waals surface area contributed by atoms with Gasteiger partial charge in [-0.1, -0.05) is 64.8 Å². The van der Waals surface area contributed by atoms with Gasteiger partial charge in [-0.2, -0.15) is 0 Å². The van der Waals surface area contributed by atoms with Crippen LogP contribution in [0.2, 0.25) is 0 Å². The first-order valence-electron chi connectivity index (χ1n) is 17.5. The highest BCUT2D eigenvalue weighted by Gasteiger charge is 2.66. The number of carboxylic acid groups (broad SMARTS) is 1. The van der Waals surface area contributed by atoms with Crippen molar-refractivity contribution in [3.05, 3.63) is 23.3 Å². The van der Waals surface area contributed by atoms with Gasteiger partial charge in [0.2, 0.25) is 0 Å². The number of fused-ring (bicyclic) bond motifs is 4. The summed E-state index contributed by atoms with van der Waals surface area (Å²) in [5.74, 6) is -1.52. The van der Waals surface area contributed by atoms with Crippen LogP contribution in [0.3, 0.4) is 0 Å². The second-order valence-corrected chi connectivity index (χ2v) is 16.9. The molecule has 260 valence electrons. The molecule has 0 aromatic heterocycles. The van der Waals surface area contributed by atoms with Crippen LogP contribution in [0.25, 0.3) is 0 Å². The van der Waals surface area contributed by atoms with E-state index in [2.05, 4.69) is 52.9 Å². The Morgan fingerprint density at radius 2 is 1.63 bits per heavy atom. The van der Waals surface area contributed by atoms with Gasteiger partial charge in [0.25, 0.3) is 0 Å². The SMILES string of the molecule is C=C(CC[C@@H](C)[C@H]1CC[C@@]2(C)C3=C(C[C@H](O)[C@]12C)[C@@]1(C)CC[C@@H](OC(=O)C[C@@](C)(O)CC(=O)OC)C(C)(C)[C@@H]1CC3)[C@H](C)C(=O)O. The second-order valence-electron chi connectivity index (χ2n) is 16.9. The van der Waals surface area contributed by atoms with Crippen molar-refractivity contribution in [1.29, 1.82) is 0 Å². The fraction of sp³-hybridized carbons (Fsp3) is 0.816. The average molecular weight is 645 g/mol. The summed E-state index contributed by atoms with van der Waals surface area (Å²) in [4.78, 5) is 36.2. The number of aliphatic carboxylic acids is 1. The minimum atomic E-state index is -1.54. The maximum absolute atomic E-state index is 13.0. The molecule has 4 aliphatic rings. The highest BCUT2D eigenvalue weighted by Crippen LogP contribution is 2.72. The third kappa shape index (κ3) is 6.10. The van der Waals surface area contributed by atoms with Crippen molar-refractivity contribution < 1.29 is 39.2 Å². The average Bonchev–Trinajstić information content (AvgIpc) is 3.25. The van der Waals surface area contributed by atoms with E-state index in [1.54, 1.807) is 12.5 Å². The number of esters is 2. The Labute approximate surface area is 276 Å². The molecule has 46 heavy (non-hydrogen) atoms. The molecule has 8 nitrogen and oxygen atoms in total. The van der Waals surface area contributed by atoms with Gasteiger partial charge in [0.05, 0.1) is 37.6 Å². The lowest BCUT2D eigenvalue weighted by Gasteiger charge is -2.63. The maximum atomic E-state index is 13.0. The van der Waals surface area contributed by atoms with E-state index in [9.17, 15) is 29.7 Å². The van der Waals surface area contributed by atoms with Crippen LogP contribution in [-0.2, 0) is 23.9 Å². The number of allylic oxidation sites excluding steroid dienone is 1. The molecule has 10 atom stereocenters. The van der Waals surface area contributed by atoms with Crippen LogP contribution in [0.5, 0.6) is 0 Å². The third-order valence-corrected chi connectivity index (χ3v) is 14.0. The zero-order valence-corrected chi connectivity index (χ0v) is 29.8. The van der Waals surface area contributed by atoms with Crippen molar-refractivity contribution in [2.75, 3.05) is 7.11 Å². The molecule has 0 spiro atoms. The molecule has 0 saturated heterocycles. The number of aliphatic hydroxyl groups excluding tert-OH is 1. The van der Waals surface area contributed by atoms with Crippen LogP contribution >= 0.6 is 0 Å². The third-order valence-electron chi connectivity index (χ3n) is 14.0. The van der Waals surface area contributed by atoms with Gasteiger partial charge in [-0.25, -0.2) is 0 Å². The fourth-order valence-electron chi connectivity index (χ4n) is 10.8. The first-order chi connectivity index (χ1) is 21.2. The Hall–Kier alpha value is -2.19. The Bertz CT molecular complexity index is 1260. The lowest BCUT2D eigenvalue weighted by Crippen LogP contribution is -2.58. The number of rotatable bonds is 11. The minimum absolute atomic E-state index is 0.114. The molecule has 0 radical (unpaired) electrons. The summed E-state index contributed by atoms with van der Waals surface area (Å²) in [7, 11) is 1.26. The van der Waals surface area contributed by atoms with Crippen molar-refractivity contribution in [2.45, 2.75) is 144 Å². The first kappa shape index (κ1) is 36.6. The van der Waals surface area contributed by atoms with Crippen LogP contribution in [-0.4, -0.2) is 58.1 Å². The number of methoxy groups -OCH3 is 1. The quantitative estimate of drug-likeness (QED) is 0.162. The molecule has 0 aliphatic heterocycles. The summed E-state index contributed by atoms with van der Waals surface area (Å²) in [5.41, 5.74) is 1.38. The molecule has 0 heterocycles. The van der Waals surface area contributed by atoms with E-state index in [1.807, 2.05) is 0 Å². The van der Waals surface area contributed by atoms with Crippen molar-refractivity contribution >= 4 is 17.9 Å². The predicted octanol–water partition coefficient (Wildman–Crippen LogP) is 7.02. The van der Waals surface area contributed by atoms with Gasteiger partial charge in [0.1, 0.15) is 6.10 Å². The predicted molar refractivity (Wildman–Crippen MR) is 177 cm³/mol. The van der Waals surface area contributed by atoms with Crippen LogP contribution < -0.4 is 0 Å². The molecule has 0 aromatic carbocycles. The van der Waals surface area contributed by atoms with Gasteiger partial charge in [0.15, 0.2) is 0 Å². The molecule has 0 amide bonds. The first-order valence-corrected chi connectivity index (χ1v) is 17.5. The van der Waals surface area contributed by atoms with Gasteiger partial charge in [-0.05, 0) is 100 Å². The molecule has 4 aliphatic carbocycles. The summed E-state index contributed by atoms with van der Waals surface area (Å²) < 4.78 is 10.7. The largest absolute Gasteiger partial charge is 0.481 e. The molecule has 8 heteroatoms. The summed E-state index contributed by atoms with van der Waals surface area (Å²) in [6.07, 6.45) is 6.50. The Kier molecular flexibility index (Phi) is 10.1. The normalized spacial score (nSPS) is 37.5. The van der Waals surface area contributed by atoms with E-state index in [0.29, 0.717) is 31.1 Å². The monoisotopic (exact) mass is 644 g/mol. The number of hydrogen-bond acceptors (Lipinski definition) is 7. The summed E-state index contributed by atoms with van der Waals surface area (Å²) in [6.45, 7) is 21.0. The molecule has 4 rings (SSSR count). The van der Waals surface area contributed by atoms with Gasteiger partial charge in [-0.3, -0.25) is 14.4 Å². The van der Waals surface area contributed by atoms with Crippen molar-refractivity contribution in [2.24, 2.45) is 45.3 Å². The summed E-state index contributed by atoms with van der Waals surface area (Å²) >= 11 is 0. The van der Waals surface area contributed by atoms with Crippen molar-refractivity contribution in [1.82, 2.24) is 0 Å². The zero-order valence-electron chi connectivity index (χ0n) is 29.8. The van der Waals surface area contributed by atoms with E-state index in [1.165, 1.54) is 19.6 Å². The molecular formula is C38H60O8. The number of ether oxygens (including phenoxy) is 2. The Morgan fingerprint density at radius 1 is 1.00 bits per heavy atom. The van der Waals surface area contributed by atoms with E-state index >= 15 is 0 Å². The smallest absolute Gasteiger partial charge is 0.310 e. The van der Waals surface area contributed by atoms with Gasteiger partial charge in [0, 0.05) is 10.8 Å². The highest BCUT2D eigenvalue weighted by molar-refractivity contribution is 5.75. The number of carbonyl (C=O) groups is 3. The zero-order chi connectivity index (χ0) is 34.6. The summed E-state index contributed by atoms with van der Waals surface area (Å²) in [6, 6.07) is 0. The highest BCUT2D eigenvalue weighted by atomic mass is 16.5. The standard InChI is InChI=1S/C38H60O8/c1-22(24(3)33(42)43)11-12-23(2)25-15-18-37(8)26-13-14-28-34(4,5)30(46-32(41)21-35(6,44)20-31(40)45-10)16-17-36(28,7)27(26)19-29(39)38(25,37)9/h23-25,28-30,39,44H,1,11-21H2,2-10H3,(H,42,43)/t23-,24+,25-,28+,29+,30-,35+,36-,37+,38+/m1/s1.